The Morgan fingerprint density at radius 3 is 2.76 bits per heavy atom. The van der Waals surface area contributed by atoms with Crippen LogP contribution >= 0.6 is 27.5 Å². The van der Waals surface area contributed by atoms with Gasteiger partial charge in [-0.3, -0.25) is 0 Å². The number of fused-ring (bicyclic) bond motifs is 2. The van der Waals surface area contributed by atoms with Crippen LogP contribution in [0.1, 0.15) is 12.6 Å². The summed E-state index contributed by atoms with van der Waals surface area (Å²) in [5.74, 6) is 0.444. The second kappa shape index (κ2) is 6.24. The van der Waals surface area contributed by atoms with Gasteiger partial charge in [-0.2, -0.15) is 0 Å². The van der Waals surface area contributed by atoms with Gasteiger partial charge in [-0.1, -0.05) is 18.5 Å². The van der Waals surface area contributed by atoms with Crippen molar-refractivity contribution in [1.82, 2.24) is 24.3 Å². The lowest BCUT2D eigenvalue weighted by Crippen LogP contribution is -1.98. The summed E-state index contributed by atoms with van der Waals surface area (Å²) < 4.78 is 8.15. The Morgan fingerprint density at radius 1 is 1.16 bits per heavy atom. The van der Waals surface area contributed by atoms with Crippen molar-refractivity contribution in [2.75, 3.05) is 7.11 Å². The average Bonchev–Trinajstić information content (AvgIpc) is 3.04. The number of nitrogens with zero attached hydrogens (tertiary/aromatic N) is 5. The lowest BCUT2D eigenvalue weighted by molar-refractivity contribution is 0.400. The number of aryl methyl sites for hydroxylation is 1. The molecule has 0 bridgehead atoms. The fraction of sp³-hybridized carbons (Fsp3) is 0.176. The molecular formula is C17H13BrClN5O. The molecule has 0 fully saturated rings. The predicted octanol–water partition coefficient (Wildman–Crippen LogP) is 4.33. The van der Waals surface area contributed by atoms with E-state index in [4.69, 9.17) is 16.3 Å². The predicted molar refractivity (Wildman–Crippen MR) is 100 cm³/mol. The molecule has 0 radical (unpaired) electrons. The standard InChI is InChI=1S/C17H13BrClN5O/c1-3-10-7-24-8-14(23-17(25-2)16(24)21-10)13-5-12(19)11-4-9(18)6-20-15(11)22-13/h4-8H,3H2,1-2H3. The molecule has 4 aromatic rings. The van der Waals surface area contributed by atoms with Crippen LogP contribution in [-0.2, 0) is 6.42 Å². The summed E-state index contributed by atoms with van der Waals surface area (Å²) in [4.78, 5) is 18.0. The van der Waals surface area contributed by atoms with E-state index in [0.717, 1.165) is 22.0 Å². The molecule has 0 atom stereocenters. The lowest BCUT2D eigenvalue weighted by Gasteiger charge is -2.08. The zero-order valence-electron chi connectivity index (χ0n) is 13.5. The molecule has 126 valence electrons. The van der Waals surface area contributed by atoms with Gasteiger partial charge in [-0.25, -0.2) is 19.9 Å². The molecule has 0 aliphatic rings. The van der Waals surface area contributed by atoms with Crippen LogP contribution in [0.5, 0.6) is 5.88 Å². The van der Waals surface area contributed by atoms with Gasteiger partial charge >= 0.3 is 0 Å². The maximum absolute atomic E-state index is 6.42. The zero-order valence-corrected chi connectivity index (χ0v) is 15.8. The monoisotopic (exact) mass is 417 g/mol. The number of hydrogen-bond donors (Lipinski definition) is 0. The minimum atomic E-state index is 0.444. The first-order chi connectivity index (χ1) is 12.1. The molecule has 0 aliphatic carbocycles. The largest absolute Gasteiger partial charge is 0.478 e. The first kappa shape index (κ1) is 16.2. The van der Waals surface area contributed by atoms with E-state index in [1.54, 1.807) is 19.4 Å². The Balaban J connectivity index is 1.94. The molecular weight excluding hydrogens is 406 g/mol. The summed E-state index contributed by atoms with van der Waals surface area (Å²) in [6.07, 6.45) is 6.35. The van der Waals surface area contributed by atoms with Crippen LogP contribution in [0.4, 0.5) is 0 Å². The van der Waals surface area contributed by atoms with E-state index in [-0.39, 0.29) is 0 Å². The van der Waals surface area contributed by atoms with Crippen molar-refractivity contribution in [3.63, 3.8) is 0 Å². The molecule has 0 unspecified atom stereocenters. The molecule has 6 nitrogen and oxygen atoms in total. The molecule has 0 amide bonds. The van der Waals surface area contributed by atoms with Crippen molar-refractivity contribution < 1.29 is 4.74 Å². The van der Waals surface area contributed by atoms with E-state index >= 15 is 0 Å². The quantitative estimate of drug-likeness (QED) is 0.495. The molecule has 8 heteroatoms. The second-order valence-electron chi connectivity index (χ2n) is 5.47. The van der Waals surface area contributed by atoms with Gasteiger partial charge in [0.15, 0.2) is 5.65 Å². The first-order valence-electron chi connectivity index (χ1n) is 7.64. The molecule has 0 saturated heterocycles. The minimum absolute atomic E-state index is 0.444. The van der Waals surface area contributed by atoms with Crippen LogP contribution in [0.25, 0.3) is 28.1 Å². The number of methoxy groups -OCH3 is 1. The highest BCUT2D eigenvalue weighted by molar-refractivity contribution is 9.10. The second-order valence-corrected chi connectivity index (χ2v) is 6.79. The Bertz CT molecular complexity index is 1110. The van der Waals surface area contributed by atoms with E-state index < -0.39 is 0 Å². The molecule has 4 aromatic heterocycles. The third-order valence-electron chi connectivity index (χ3n) is 3.86. The van der Waals surface area contributed by atoms with Gasteiger partial charge in [0, 0.05) is 28.4 Å². The fourth-order valence-corrected chi connectivity index (χ4v) is 3.20. The van der Waals surface area contributed by atoms with Crippen molar-refractivity contribution >= 4 is 44.2 Å². The molecule has 0 aliphatic heterocycles. The van der Waals surface area contributed by atoms with Crippen LogP contribution in [0.2, 0.25) is 5.02 Å². The third-order valence-corrected chi connectivity index (χ3v) is 4.60. The molecule has 25 heavy (non-hydrogen) atoms. The van der Waals surface area contributed by atoms with Gasteiger partial charge in [0.1, 0.15) is 5.69 Å². The lowest BCUT2D eigenvalue weighted by atomic mass is 10.2. The van der Waals surface area contributed by atoms with Gasteiger partial charge in [0.2, 0.25) is 5.65 Å². The maximum Gasteiger partial charge on any atom is 0.258 e. The third kappa shape index (κ3) is 2.83. The van der Waals surface area contributed by atoms with Crippen LogP contribution in [0.15, 0.2) is 35.2 Å². The van der Waals surface area contributed by atoms with Crippen molar-refractivity contribution in [2.24, 2.45) is 0 Å². The van der Waals surface area contributed by atoms with Crippen LogP contribution in [-0.4, -0.2) is 31.4 Å². The highest BCUT2D eigenvalue weighted by Gasteiger charge is 2.14. The molecule has 0 saturated carbocycles. The molecule has 4 heterocycles. The van der Waals surface area contributed by atoms with Gasteiger partial charge < -0.3 is 9.14 Å². The molecule has 0 spiro atoms. The number of rotatable bonds is 3. The van der Waals surface area contributed by atoms with Crippen LogP contribution in [0.3, 0.4) is 0 Å². The minimum Gasteiger partial charge on any atom is -0.478 e. The zero-order chi connectivity index (χ0) is 17.6. The Morgan fingerprint density at radius 2 is 2.00 bits per heavy atom. The smallest absolute Gasteiger partial charge is 0.258 e. The summed E-state index contributed by atoms with van der Waals surface area (Å²) in [6, 6.07) is 3.67. The van der Waals surface area contributed by atoms with E-state index in [0.29, 0.717) is 33.6 Å². The maximum atomic E-state index is 6.42. The normalized spacial score (nSPS) is 11.4. The summed E-state index contributed by atoms with van der Waals surface area (Å²) in [6.45, 7) is 2.05. The van der Waals surface area contributed by atoms with Crippen molar-refractivity contribution in [1.29, 1.82) is 0 Å². The van der Waals surface area contributed by atoms with E-state index in [9.17, 15) is 0 Å². The molecule has 0 aromatic carbocycles. The number of hydrogen-bond acceptors (Lipinski definition) is 5. The van der Waals surface area contributed by atoms with Crippen molar-refractivity contribution in [3.05, 3.63) is 45.9 Å². The van der Waals surface area contributed by atoms with Gasteiger partial charge in [-0.05, 0) is 34.5 Å². The molecule has 4 rings (SSSR count). The summed E-state index contributed by atoms with van der Waals surface area (Å²) in [7, 11) is 1.58. The summed E-state index contributed by atoms with van der Waals surface area (Å²) in [5, 5.41) is 1.35. The molecule has 0 N–H and O–H groups in total. The summed E-state index contributed by atoms with van der Waals surface area (Å²) >= 11 is 9.82. The van der Waals surface area contributed by atoms with Gasteiger partial charge in [0.05, 0.1) is 23.5 Å². The fourth-order valence-electron chi connectivity index (χ4n) is 2.62. The number of halogens is 2. The van der Waals surface area contributed by atoms with Crippen LogP contribution < -0.4 is 4.74 Å². The Kier molecular flexibility index (Phi) is 4.05. The topological polar surface area (TPSA) is 65.2 Å². The van der Waals surface area contributed by atoms with E-state index in [1.165, 1.54) is 0 Å². The average molecular weight is 419 g/mol. The number of ether oxygens (including phenoxy) is 1. The highest BCUT2D eigenvalue weighted by Crippen LogP contribution is 2.29. The number of aromatic nitrogens is 5. The summed E-state index contributed by atoms with van der Waals surface area (Å²) in [5.41, 5.74) is 3.47. The Hall–Kier alpha value is -2.25. The Labute approximate surface area is 157 Å². The highest BCUT2D eigenvalue weighted by atomic mass is 79.9. The number of pyridine rings is 2. The van der Waals surface area contributed by atoms with Gasteiger partial charge in [0.25, 0.3) is 5.88 Å². The first-order valence-corrected chi connectivity index (χ1v) is 8.81. The number of imidazole rings is 1. The van der Waals surface area contributed by atoms with E-state index in [1.807, 2.05) is 22.9 Å². The van der Waals surface area contributed by atoms with Crippen LogP contribution in [0, 0.1) is 0 Å². The SMILES string of the molecule is CCc1cn2cc(-c3cc(Cl)c4cc(Br)cnc4n3)nc(OC)c2n1. The van der Waals surface area contributed by atoms with Crippen molar-refractivity contribution in [3.8, 4) is 17.3 Å². The van der Waals surface area contributed by atoms with Gasteiger partial charge in [-0.15, -0.1) is 0 Å². The van der Waals surface area contributed by atoms with E-state index in [2.05, 4.69) is 42.8 Å². The van der Waals surface area contributed by atoms with Crippen molar-refractivity contribution in [2.45, 2.75) is 13.3 Å².